The molecule has 0 radical (unpaired) electrons. The lowest BCUT2D eigenvalue weighted by Crippen LogP contribution is -2.39. The van der Waals surface area contributed by atoms with Crippen LogP contribution in [0.4, 0.5) is 4.39 Å². The van der Waals surface area contributed by atoms with Crippen LogP contribution in [-0.4, -0.2) is 40.6 Å². The molecular weight excluding hydrogens is 285 g/mol. The van der Waals surface area contributed by atoms with Crippen LogP contribution in [0, 0.1) is 5.92 Å². The molecule has 1 heterocycles. The highest BCUT2D eigenvalue weighted by Gasteiger charge is 2.47. The summed E-state index contributed by atoms with van der Waals surface area (Å²) >= 11 is 0. The van der Waals surface area contributed by atoms with Crippen molar-refractivity contribution in [2.24, 2.45) is 5.92 Å². The van der Waals surface area contributed by atoms with E-state index in [0.717, 1.165) is 5.56 Å². The molecule has 0 saturated carbocycles. The first kappa shape index (κ1) is 16.5. The lowest BCUT2D eigenvalue weighted by atomic mass is 9.85. The molecule has 4 nitrogen and oxygen atoms in total. The molecule has 0 aliphatic carbocycles. The number of carbonyl (C=O) groups is 2. The predicted molar refractivity (Wildman–Crippen MR) is 81.3 cm³/mol. The first-order chi connectivity index (χ1) is 10.3. The van der Waals surface area contributed by atoms with E-state index in [1.54, 1.807) is 0 Å². The number of aliphatic carboxylic acids is 1. The smallest absolute Gasteiger partial charge is 0.343 e. The van der Waals surface area contributed by atoms with Gasteiger partial charge in [0.1, 0.15) is 0 Å². The molecule has 0 aromatic heterocycles. The minimum Gasteiger partial charge on any atom is -0.479 e. The monoisotopic (exact) mass is 307 g/mol. The van der Waals surface area contributed by atoms with E-state index in [2.05, 4.69) is 0 Å². The van der Waals surface area contributed by atoms with Gasteiger partial charge in [-0.25, -0.2) is 9.18 Å². The number of rotatable bonds is 5. The highest BCUT2D eigenvalue weighted by Crippen LogP contribution is 2.31. The maximum atomic E-state index is 14.1. The summed E-state index contributed by atoms with van der Waals surface area (Å²) in [5, 5.41) is 8.91. The van der Waals surface area contributed by atoms with Crippen LogP contribution in [0.25, 0.3) is 0 Å². The molecule has 1 aromatic carbocycles. The summed E-state index contributed by atoms with van der Waals surface area (Å²) < 4.78 is 14.1. The third kappa shape index (κ3) is 3.46. The van der Waals surface area contributed by atoms with E-state index < -0.39 is 11.6 Å². The van der Waals surface area contributed by atoms with Crippen molar-refractivity contribution < 1.29 is 19.1 Å². The van der Waals surface area contributed by atoms with Gasteiger partial charge < -0.3 is 10.0 Å². The third-order valence-electron chi connectivity index (χ3n) is 4.38. The second-order valence-electron chi connectivity index (χ2n) is 6.30. The molecule has 2 rings (SSSR count). The molecule has 0 bridgehead atoms. The number of carboxylic acid groups (broad SMARTS) is 1. The zero-order valence-electron chi connectivity index (χ0n) is 13.0. The van der Waals surface area contributed by atoms with Gasteiger partial charge in [0, 0.05) is 19.4 Å². The number of likely N-dealkylation sites (tertiary alicyclic amines) is 1. The Bertz CT molecular complexity index is 546. The van der Waals surface area contributed by atoms with E-state index >= 15 is 0 Å². The van der Waals surface area contributed by atoms with E-state index in [4.69, 9.17) is 5.11 Å². The van der Waals surface area contributed by atoms with Gasteiger partial charge in [-0.15, -0.1) is 0 Å². The Hall–Kier alpha value is -1.91. The molecule has 2 unspecified atom stereocenters. The van der Waals surface area contributed by atoms with Crippen LogP contribution >= 0.6 is 0 Å². The first-order valence-corrected chi connectivity index (χ1v) is 7.58. The largest absolute Gasteiger partial charge is 0.479 e. The van der Waals surface area contributed by atoms with Gasteiger partial charge in [-0.3, -0.25) is 4.79 Å². The standard InChI is InChI=1S/C17H22FNO3/c1-12(2)14(13-6-4-3-5-7-13)10-15(20)19-9-8-17(18,11-19)16(21)22/h3-7,12,14H,8-11H2,1-2H3,(H,21,22). The van der Waals surface area contributed by atoms with Gasteiger partial charge in [-0.05, 0) is 17.4 Å². The molecule has 2 atom stereocenters. The summed E-state index contributed by atoms with van der Waals surface area (Å²) in [4.78, 5) is 24.7. The van der Waals surface area contributed by atoms with E-state index in [9.17, 15) is 14.0 Å². The van der Waals surface area contributed by atoms with Gasteiger partial charge in [-0.1, -0.05) is 44.2 Å². The van der Waals surface area contributed by atoms with Gasteiger partial charge in [0.2, 0.25) is 11.6 Å². The number of carboxylic acids is 1. The summed E-state index contributed by atoms with van der Waals surface area (Å²) in [7, 11) is 0. The first-order valence-electron chi connectivity index (χ1n) is 7.58. The molecule has 1 N–H and O–H groups in total. The summed E-state index contributed by atoms with van der Waals surface area (Å²) in [5.41, 5.74) is -1.22. The lowest BCUT2D eigenvalue weighted by Gasteiger charge is -2.24. The Morgan fingerprint density at radius 1 is 1.32 bits per heavy atom. The average Bonchev–Trinajstić information content (AvgIpc) is 2.89. The molecule has 22 heavy (non-hydrogen) atoms. The van der Waals surface area contributed by atoms with E-state index in [1.165, 1.54) is 4.90 Å². The van der Waals surface area contributed by atoms with Crippen LogP contribution in [0.2, 0.25) is 0 Å². The highest BCUT2D eigenvalue weighted by atomic mass is 19.1. The fourth-order valence-electron chi connectivity index (χ4n) is 2.92. The number of hydrogen-bond acceptors (Lipinski definition) is 2. The van der Waals surface area contributed by atoms with Crippen LogP contribution in [-0.2, 0) is 9.59 Å². The molecular formula is C17H22FNO3. The quantitative estimate of drug-likeness (QED) is 0.910. The summed E-state index contributed by atoms with van der Waals surface area (Å²) in [6.45, 7) is 3.92. The lowest BCUT2D eigenvalue weighted by molar-refractivity contribution is -0.150. The normalized spacial score (nSPS) is 22.8. The van der Waals surface area contributed by atoms with Gasteiger partial charge in [-0.2, -0.15) is 0 Å². The number of nitrogens with zero attached hydrogens (tertiary/aromatic N) is 1. The molecule has 1 amide bonds. The average molecular weight is 307 g/mol. The Morgan fingerprint density at radius 3 is 2.45 bits per heavy atom. The number of carbonyl (C=O) groups excluding carboxylic acids is 1. The Labute approximate surface area is 129 Å². The van der Waals surface area contributed by atoms with Crippen molar-refractivity contribution >= 4 is 11.9 Å². The molecule has 1 saturated heterocycles. The van der Waals surface area contributed by atoms with Gasteiger partial charge >= 0.3 is 5.97 Å². The number of amides is 1. The molecule has 5 heteroatoms. The maximum absolute atomic E-state index is 14.1. The molecule has 1 aromatic rings. The summed E-state index contributed by atoms with van der Waals surface area (Å²) in [5.74, 6) is -1.34. The van der Waals surface area contributed by atoms with Crippen molar-refractivity contribution in [3.8, 4) is 0 Å². The van der Waals surface area contributed by atoms with Crippen LogP contribution in [0.1, 0.15) is 38.2 Å². The van der Waals surface area contributed by atoms with Gasteiger partial charge in [0.05, 0.1) is 6.54 Å². The van der Waals surface area contributed by atoms with Crippen LogP contribution < -0.4 is 0 Å². The van der Waals surface area contributed by atoms with Crippen molar-refractivity contribution in [1.82, 2.24) is 4.90 Å². The second-order valence-corrected chi connectivity index (χ2v) is 6.30. The number of halogens is 1. The molecule has 1 fully saturated rings. The molecule has 0 spiro atoms. The fourth-order valence-corrected chi connectivity index (χ4v) is 2.92. The second kappa shape index (κ2) is 6.46. The van der Waals surface area contributed by atoms with E-state index in [1.807, 2.05) is 44.2 Å². The summed E-state index contributed by atoms with van der Waals surface area (Å²) in [6.07, 6.45) is 0.142. The highest BCUT2D eigenvalue weighted by molar-refractivity contribution is 5.82. The van der Waals surface area contributed by atoms with Crippen LogP contribution in [0.5, 0.6) is 0 Å². The van der Waals surface area contributed by atoms with Crippen molar-refractivity contribution in [2.75, 3.05) is 13.1 Å². The zero-order valence-corrected chi connectivity index (χ0v) is 13.0. The topological polar surface area (TPSA) is 57.6 Å². The van der Waals surface area contributed by atoms with Crippen molar-refractivity contribution in [3.63, 3.8) is 0 Å². The Morgan fingerprint density at radius 2 is 1.95 bits per heavy atom. The third-order valence-corrected chi connectivity index (χ3v) is 4.38. The number of alkyl halides is 1. The Kier molecular flexibility index (Phi) is 4.84. The predicted octanol–water partition coefficient (Wildman–Crippen LogP) is 2.84. The van der Waals surface area contributed by atoms with Crippen molar-refractivity contribution in [3.05, 3.63) is 35.9 Å². The minimum atomic E-state index is -2.30. The molecule has 1 aliphatic heterocycles. The Balaban J connectivity index is 2.06. The number of hydrogen-bond donors (Lipinski definition) is 1. The molecule has 1 aliphatic rings. The van der Waals surface area contributed by atoms with Gasteiger partial charge in [0.25, 0.3) is 0 Å². The van der Waals surface area contributed by atoms with E-state index in [-0.39, 0.29) is 43.7 Å². The number of benzene rings is 1. The van der Waals surface area contributed by atoms with E-state index in [0.29, 0.717) is 0 Å². The summed E-state index contributed by atoms with van der Waals surface area (Å²) in [6, 6.07) is 9.76. The van der Waals surface area contributed by atoms with Crippen molar-refractivity contribution in [1.29, 1.82) is 0 Å². The molecule has 120 valence electrons. The zero-order chi connectivity index (χ0) is 16.3. The van der Waals surface area contributed by atoms with Crippen molar-refractivity contribution in [2.45, 2.75) is 38.3 Å². The van der Waals surface area contributed by atoms with Crippen LogP contribution in [0.3, 0.4) is 0 Å². The fraction of sp³-hybridized carbons (Fsp3) is 0.529. The van der Waals surface area contributed by atoms with Gasteiger partial charge in [0.15, 0.2) is 0 Å². The maximum Gasteiger partial charge on any atom is 0.343 e. The SMILES string of the molecule is CC(C)C(CC(=O)N1CCC(F)(C(=O)O)C1)c1ccccc1. The minimum absolute atomic E-state index is 0.0492. The van der Waals surface area contributed by atoms with Crippen LogP contribution in [0.15, 0.2) is 30.3 Å².